The number of carbonyl (C=O) groups excluding carboxylic acids is 1. The second-order valence-electron chi connectivity index (χ2n) is 4.70. The molecule has 1 aliphatic rings. The van der Waals surface area contributed by atoms with Gasteiger partial charge in [0.25, 0.3) is 0 Å². The number of aliphatic imine (C=N–C) groups is 1. The van der Waals surface area contributed by atoms with Crippen LogP contribution in [0, 0.1) is 0 Å². The molecule has 0 radical (unpaired) electrons. The molecule has 2 aromatic rings. The first kappa shape index (κ1) is 13.1. The Bertz CT molecular complexity index is 690. The van der Waals surface area contributed by atoms with Crippen LogP contribution in [0.4, 0.5) is 4.79 Å². The van der Waals surface area contributed by atoms with Crippen molar-refractivity contribution in [2.45, 2.75) is 6.54 Å². The number of amidine groups is 1. The molecule has 1 aliphatic heterocycles. The van der Waals surface area contributed by atoms with E-state index >= 15 is 0 Å². The molecule has 104 valence electrons. The Morgan fingerprint density at radius 2 is 1.57 bits per heavy atom. The van der Waals surface area contributed by atoms with Crippen LogP contribution in [0.2, 0.25) is 0 Å². The van der Waals surface area contributed by atoms with Gasteiger partial charge in [0.1, 0.15) is 0 Å². The van der Waals surface area contributed by atoms with E-state index in [1.54, 1.807) is 0 Å². The summed E-state index contributed by atoms with van der Waals surface area (Å²) in [4.78, 5) is 16.0. The zero-order valence-electron chi connectivity index (χ0n) is 11.4. The summed E-state index contributed by atoms with van der Waals surface area (Å²) in [5.74, 6) is 0.577. The Balaban J connectivity index is 1.83. The fourth-order valence-electron chi connectivity index (χ4n) is 2.09. The zero-order chi connectivity index (χ0) is 14.5. The summed E-state index contributed by atoms with van der Waals surface area (Å²) < 4.78 is 0. The van der Waals surface area contributed by atoms with Gasteiger partial charge in [0.2, 0.25) is 0 Å². The molecular weight excluding hydrogens is 262 g/mol. The van der Waals surface area contributed by atoms with Crippen LogP contribution in [-0.4, -0.2) is 11.9 Å². The van der Waals surface area contributed by atoms with Crippen LogP contribution in [0.5, 0.6) is 0 Å². The summed E-state index contributed by atoms with van der Waals surface area (Å²) >= 11 is 0. The topological polar surface area (TPSA) is 53.5 Å². The number of hydrogen-bond donors (Lipinski definition) is 2. The van der Waals surface area contributed by atoms with Crippen LogP contribution in [0.25, 0.3) is 6.08 Å². The van der Waals surface area contributed by atoms with E-state index in [0.29, 0.717) is 18.1 Å². The number of nitrogens with zero attached hydrogens (tertiary/aromatic N) is 1. The second kappa shape index (κ2) is 6.05. The molecule has 21 heavy (non-hydrogen) atoms. The Morgan fingerprint density at radius 1 is 0.905 bits per heavy atom. The van der Waals surface area contributed by atoms with Crippen molar-refractivity contribution in [3.8, 4) is 0 Å². The van der Waals surface area contributed by atoms with Crippen LogP contribution in [0.3, 0.4) is 0 Å². The number of hydrogen-bond acceptors (Lipinski definition) is 2. The SMILES string of the molecule is O=C1NC(=NCc2ccccc2)/C(=C/c2ccccc2)N1. The van der Waals surface area contributed by atoms with Gasteiger partial charge in [0, 0.05) is 0 Å². The first-order chi connectivity index (χ1) is 10.3. The van der Waals surface area contributed by atoms with E-state index in [1.165, 1.54) is 0 Å². The Labute approximate surface area is 123 Å². The molecule has 1 saturated heterocycles. The first-order valence-electron chi connectivity index (χ1n) is 6.75. The number of benzene rings is 2. The highest BCUT2D eigenvalue weighted by Crippen LogP contribution is 2.10. The molecule has 2 N–H and O–H groups in total. The highest BCUT2D eigenvalue weighted by atomic mass is 16.2. The summed E-state index contributed by atoms with van der Waals surface area (Å²) in [5, 5.41) is 5.50. The van der Waals surface area contributed by atoms with E-state index in [4.69, 9.17) is 0 Å². The van der Waals surface area contributed by atoms with Crippen molar-refractivity contribution in [2.24, 2.45) is 4.99 Å². The minimum absolute atomic E-state index is 0.246. The summed E-state index contributed by atoms with van der Waals surface area (Å²) in [6.45, 7) is 0.532. The van der Waals surface area contributed by atoms with E-state index in [2.05, 4.69) is 15.6 Å². The van der Waals surface area contributed by atoms with Gasteiger partial charge in [-0.3, -0.25) is 10.3 Å². The molecule has 2 amide bonds. The predicted molar refractivity (Wildman–Crippen MR) is 83.7 cm³/mol. The van der Waals surface area contributed by atoms with E-state index < -0.39 is 0 Å². The lowest BCUT2D eigenvalue weighted by molar-refractivity contribution is 0.250. The maximum Gasteiger partial charge on any atom is 0.325 e. The maximum atomic E-state index is 11.5. The van der Waals surface area contributed by atoms with Gasteiger partial charge in [-0.1, -0.05) is 60.7 Å². The van der Waals surface area contributed by atoms with Crippen molar-refractivity contribution in [1.29, 1.82) is 0 Å². The number of carbonyl (C=O) groups is 1. The predicted octanol–water partition coefficient (Wildman–Crippen LogP) is 2.94. The van der Waals surface area contributed by atoms with Crippen LogP contribution < -0.4 is 10.6 Å². The lowest BCUT2D eigenvalue weighted by Gasteiger charge is -2.01. The van der Waals surface area contributed by atoms with Gasteiger partial charge in [0.05, 0.1) is 12.2 Å². The van der Waals surface area contributed by atoms with Gasteiger partial charge in [0.15, 0.2) is 5.84 Å². The summed E-state index contributed by atoms with van der Waals surface area (Å²) in [5.41, 5.74) is 2.82. The van der Waals surface area contributed by atoms with Crippen LogP contribution in [0.1, 0.15) is 11.1 Å². The largest absolute Gasteiger partial charge is 0.325 e. The highest BCUT2D eigenvalue weighted by molar-refractivity contribution is 6.16. The third-order valence-corrected chi connectivity index (χ3v) is 3.11. The third-order valence-electron chi connectivity index (χ3n) is 3.11. The average molecular weight is 277 g/mol. The molecular formula is C17H15N3O. The molecule has 0 atom stereocenters. The Kier molecular flexibility index (Phi) is 3.78. The van der Waals surface area contributed by atoms with Gasteiger partial charge < -0.3 is 5.32 Å². The smallest absolute Gasteiger partial charge is 0.304 e. The van der Waals surface area contributed by atoms with Crippen molar-refractivity contribution in [3.05, 3.63) is 77.5 Å². The van der Waals surface area contributed by atoms with Crippen molar-refractivity contribution in [3.63, 3.8) is 0 Å². The normalized spacial score (nSPS) is 17.8. The highest BCUT2D eigenvalue weighted by Gasteiger charge is 2.20. The summed E-state index contributed by atoms with van der Waals surface area (Å²) in [7, 11) is 0. The summed E-state index contributed by atoms with van der Waals surface area (Å²) in [6.07, 6.45) is 1.90. The number of rotatable bonds is 3. The molecule has 4 nitrogen and oxygen atoms in total. The zero-order valence-corrected chi connectivity index (χ0v) is 11.4. The molecule has 0 unspecified atom stereocenters. The minimum Gasteiger partial charge on any atom is -0.304 e. The molecule has 3 rings (SSSR count). The van der Waals surface area contributed by atoms with E-state index in [-0.39, 0.29) is 6.03 Å². The van der Waals surface area contributed by atoms with Crippen LogP contribution in [0.15, 0.2) is 71.4 Å². The Morgan fingerprint density at radius 3 is 2.29 bits per heavy atom. The van der Waals surface area contributed by atoms with Gasteiger partial charge in [-0.05, 0) is 17.2 Å². The van der Waals surface area contributed by atoms with Crippen molar-refractivity contribution in [1.82, 2.24) is 10.6 Å². The lowest BCUT2D eigenvalue weighted by atomic mass is 10.2. The van der Waals surface area contributed by atoms with Crippen molar-refractivity contribution in [2.75, 3.05) is 0 Å². The second-order valence-corrected chi connectivity index (χ2v) is 4.70. The van der Waals surface area contributed by atoms with Gasteiger partial charge in [-0.2, -0.15) is 0 Å². The molecule has 0 saturated carbocycles. The molecule has 0 aromatic heterocycles. The van der Waals surface area contributed by atoms with Crippen molar-refractivity contribution < 1.29 is 4.79 Å². The third kappa shape index (κ3) is 3.36. The monoisotopic (exact) mass is 277 g/mol. The molecule has 1 fully saturated rings. The van der Waals surface area contributed by atoms with Crippen LogP contribution in [-0.2, 0) is 6.54 Å². The molecule has 2 aromatic carbocycles. The first-order valence-corrected chi connectivity index (χ1v) is 6.75. The Hall–Kier alpha value is -2.88. The van der Waals surface area contributed by atoms with E-state index in [0.717, 1.165) is 11.1 Å². The fraction of sp³-hybridized carbons (Fsp3) is 0.0588. The number of urea groups is 1. The molecule has 0 aliphatic carbocycles. The fourth-order valence-corrected chi connectivity index (χ4v) is 2.09. The molecule has 1 heterocycles. The molecule has 0 bridgehead atoms. The lowest BCUT2D eigenvalue weighted by Crippen LogP contribution is -2.22. The molecule has 4 heteroatoms. The van der Waals surface area contributed by atoms with E-state index in [1.807, 2.05) is 66.7 Å². The maximum absolute atomic E-state index is 11.5. The van der Waals surface area contributed by atoms with Crippen LogP contribution >= 0.6 is 0 Å². The minimum atomic E-state index is -0.246. The number of nitrogens with one attached hydrogen (secondary N) is 2. The average Bonchev–Trinajstić information content (AvgIpc) is 2.87. The van der Waals surface area contributed by atoms with Crippen molar-refractivity contribution >= 4 is 17.9 Å². The standard InChI is InChI=1S/C17H15N3O/c21-17-19-15(11-13-7-3-1-4-8-13)16(20-17)18-12-14-9-5-2-6-10-14/h1-11H,12H2,(H2,18,19,20,21)/b15-11-. The summed E-state index contributed by atoms with van der Waals surface area (Å²) in [6, 6.07) is 19.5. The van der Waals surface area contributed by atoms with E-state index in [9.17, 15) is 4.79 Å². The van der Waals surface area contributed by atoms with Gasteiger partial charge >= 0.3 is 6.03 Å². The van der Waals surface area contributed by atoms with Gasteiger partial charge in [-0.15, -0.1) is 0 Å². The van der Waals surface area contributed by atoms with Gasteiger partial charge in [-0.25, -0.2) is 4.79 Å². The number of amides is 2. The quantitative estimate of drug-likeness (QED) is 0.890. The molecule has 0 spiro atoms.